The van der Waals surface area contributed by atoms with Crippen LogP contribution >= 0.6 is 0 Å². The number of phenols is 1. The Labute approximate surface area is 160 Å². The van der Waals surface area contributed by atoms with Gasteiger partial charge in [-0.05, 0) is 56.0 Å². The molecule has 2 N–H and O–H groups in total. The topological polar surface area (TPSA) is 88.0 Å². The van der Waals surface area contributed by atoms with E-state index in [1.165, 1.54) is 13.3 Å². The molecule has 2 aromatic rings. The molecule has 144 valence electrons. The summed E-state index contributed by atoms with van der Waals surface area (Å²) < 4.78 is 30.4. The Balaban J connectivity index is 2.34. The Hall–Kier alpha value is -2.80. The standard InChI is InChI=1S/C20H24N2O4S/c1-6-7-16-10-17(19(23)18(11-16)26-5)12-21-22-27(24,25)20-14(3)8-13(2)9-15(20)4/h6,8-12,22-23H,1,7H2,2-5H3/b21-12+. The van der Waals surface area contributed by atoms with Crippen LogP contribution in [0.15, 0.2) is 46.9 Å². The molecule has 0 radical (unpaired) electrons. The fraction of sp³-hybridized carbons (Fsp3) is 0.250. The summed E-state index contributed by atoms with van der Waals surface area (Å²) in [5.41, 5.74) is 3.48. The highest BCUT2D eigenvalue weighted by Gasteiger charge is 2.19. The highest BCUT2D eigenvalue weighted by atomic mass is 32.2. The Morgan fingerprint density at radius 2 is 1.81 bits per heavy atom. The molecule has 2 aromatic carbocycles. The lowest BCUT2D eigenvalue weighted by Gasteiger charge is -2.12. The molecular weight excluding hydrogens is 364 g/mol. The summed E-state index contributed by atoms with van der Waals surface area (Å²) in [5, 5.41) is 14.1. The lowest BCUT2D eigenvalue weighted by Crippen LogP contribution is -2.20. The summed E-state index contributed by atoms with van der Waals surface area (Å²) >= 11 is 0. The van der Waals surface area contributed by atoms with Gasteiger partial charge in [-0.1, -0.05) is 23.8 Å². The van der Waals surface area contributed by atoms with Gasteiger partial charge >= 0.3 is 0 Å². The van der Waals surface area contributed by atoms with E-state index in [2.05, 4.69) is 16.5 Å². The molecule has 0 amide bonds. The van der Waals surface area contributed by atoms with Gasteiger partial charge in [0, 0.05) is 5.56 Å². The van der Waals surface area contributed by atoms with Crippen molar-refractivity contribution in [1.82, 2.24) is 4.83 Å². The van der Waals surface area contributed by atoms with Crippen LogP contribution < -0.4 is 9.57 Å². The van der Waals surface area contributed by atoms with Crippen LogP contribution in [0.1, 0.15) is 27.8 Å². The number of benzene rings is 2. The molecule has 0 saturated carbocycles. The van der Waals surface area contributed by atoms with Crippen LogP contribution in [0.2, 0.25) is 0 Å². The van der Waals surface area contributed by atoms with E-state index in [-0.39, 0.29) is 16.4 Å². The molecule has 2 rings (SSSR count). The first-order valence-electron chi connectivity index (χ1n) is 8.33. The van der Waals surface area contributed by atoms with Gasteiger partial charge < -0.3 is 9.84 Å². The molecule has 0 bridgehead atoms. The first-order valence-corrected chi connectivity index (χ1v) is 9.81. The van der Waals surface area contributed by atoms with E-state index in [0.29, 0.717) is 23.1 Å². The highest BCUT2D eigenvalue weighted by Crippen LogP contribution is 2.30. The summed E-state index contributed by atoms with van der Waals surface area (Å²) in [6.45, 7) is 9.08. The third-order valence-electron chi connectivity index (χ3n) is 4.01. The first-order chi connectivity index (χ1) is 12.7. The van der Waals surface area contributed by atoms with Gasteiger partial charge in [-0.2, -0.15) is 13.5 Å². The van der Waals surface area contributed by atoms with E-state index in [0.717, 1.165) is 11.1 Å². The zero-order valence-corrected chi connectivity index (χ0v) is 16.7. The van der Waals surface area contributed by atoms with Crippen molar-refractivity contribution in [3.05, 3.63) is 64.7 Å². The van der Waals surface area contributed by atoms with Crippen molar-refractivity contribution < 1.29 is 18.3 Å². The van der Waals surface area contributed by atoms with Crippen molar-refractivity contribution in [2.45, 2.75) is 32.1 Å². The zero-order valence-electron chi connectivity index (χ0n) is 15.9. The van der Waals surface area contributed by atoms with Crippen molar-refractivity contribution in [3.8, 4) is 11.5 Å². The number of allylic oxidation sites excluding steroid dienone is 1. The predicted octanol–water partition coefficient (Wildman–Crippen LogP) is 3.37. The fourth-order valence-electron chi connectivity index (χ4n) is 3.03. The van der Waals surface area contributed by atoms with Crippen LogP contribution in [0, 0.1) is 20.8 Å². The average Bonchev–Trinajstić information content (AvgIpc) is 2.56. The number of phenolic OH excluding ortho intramolecular Hbond substituents is 1. The number of methoxy groups -OCH3 is 1. The van der Waals surface area contributed by atoms with Gasteiger partial charge in [-0.3, -0.25) is 0 Å². The number of hydrogen-bond acceptors (Lipinski definition) is 5. The Morgan fingerprint density at radius 1 is 1.19 bits per heavy atom. The maximum atomic E-state index is 12.6. The van der Waals surface area contributed by atoms with E-state index < -0.39 is 10.0 Å². The molecule has 0 aliphatic carbocycles. The van der Waals surface area contributed by atoms with E-state index in [9.17, 15) is 13.5 Å². The zero-order chi connectivity index (χ0) is 20.2. The van der Waals surface area contributed by atoms with Crippen LogP contribution in [0.4, 0.5) is 0 Å². The third kappa shape index (κ3) is 4.68. The van der Waals surface area contributed by atoms with Gasteiger partial charge in [0.25, 0.3) is 10.0 Å². The Bertz CT molecular complexity index is 972. The minimum Gasteiger partial charge on any atom is -0.504 e. The monoisotopic (exact) mass is 388 g/mol. The van der Waals surface area contributed by atoms with Crippen LogP contribution in [0.5, 0.6) is 11.5 Å². The number of aromatic hydroxyl groups is 1. The average molecular weight is 388 g/mol. The van der Waals surface area contributed by atoms with Crippen LogP contribution in [0.25, 0.3) is 0 Å². The fourth-order valence-corrected chi connectivity index (χ4v) is 4.28. The van der Waals surface area contributed by atoms with Crippen molar-refractivity contribution in [2.75, 3.05) is 7.11 Å². The molecular formula is C20H24N2O4S. The minimum absolute atomic E-state index is 0.115. The second kappa shape index (κ2) is 8.26. The van der Waals surface area contributed by atoms with Gasteiger partial charge in [0.1, 0.15) is 0 Å². The number of rotatable bonds is 7. The molecule has 0 aliphatic rings. The molecule has 6 nitrogen and oxygen atoms in total. The lowest BCUT2D eigenvalue weighted by atomic mass is 10.1. The first kappa shape index (κ1) is 20.5. The summed E-state index contributed by atoms with van der Waals surface area (Å²) in [5.74, 6) is 0.167. The van der Waals surface area contributed by atoms with E-state index in [1.807, 2.05) is 6.92 Å². The number of hydrogen-bond donors (Lipinski definition) is 2. The number of aryl methyl sites for hydroxylation is 3. The van der Waals surface area contributed by atoms with E-state index in [1.54, 1.807) is 44.2 Å². The maximum absolute atomic E-state index is 12.6. The summed E-state index contributed by atoms with van der Waals surface area (Å²) in [6.07, 6.45) is 3.55. The number of sulfonamides is 1. The number of nitrogens with zero attached hydrogens (tertiary/aromatic N) is 1. The van der Waals surface area contributed by atoms with Crippen LogP contribution in [-0.4, -0.2) is 26.8 Å². The molecule has 7 heteroatoms. The van der Waals surface area contributed by atoms with Gasteiger partial charge in [0.2, 0.25) is 0 Å². The second-order valence-electron chi connectivity index (χ2n) is 6.31. The van der Waals surface area contributed by atoms with Gasteiger partial charge in [0.15, 0.2) is 11.5 Å². The van der Waals surface area contributed by atoms with Gasteiger partial charge in [0.05, 0.1) is 18.2 Å². The van der Waals surface area contributed by atoms with Gasteiger partial charge in [-0.15, -0.1) is 6.58 Å². The molecule has 27 heavy (non-hydrogen) atoms. The molecule has 0 aromatic heterocycles. The Morgan fingerprint density at radius 3 is 2.37 bits per heavy atom. The molecule has 0 atom stereocenters. The summed E-state index contributed by atoms with van der Waals surface area (Å²) in [7, 11) is -2.39. The maximum Gasteiger partial charge on any atom is 0.277 e. The molecule has 0 fully saturated rings. The number of nitrogens with one attached hydrogen (secondary N) is 1. The molecule has 0 spiro atoms. The van der Waals surface area contributed by atoms with Crippen molar-refractivity contribution in [3.63, 3.8) is 0 Å². The Kier molecular flexibility index (Phi) is 6.28. The van der Waals surface area contributed by atoms with Crippen LogP contribution in [-0.2, 0) is 16.4 Å². The van der Waals surface area contributed by atoms with Gasteiger partial charge in [-0.25, -0.2) is 4.83 Å². The summed E-state index contributed by atoms with van der Waals surface area (Å²) in [4.78, 5) is 2.41. The summed E-state index contributed by atoms with van der Waals surface area (Å²) in [6, 6.07) is 7.00. The van der Waals surface area contributed by atoms with Crippen molar-refractivity contribution in [2.24, 2.45) is 5.10 Å². The molecule has 0 aliphatic heterocycles. The smallest absolute Gasteiger partial charge is 0.277 e. The number of ether oxygens (including phenoxy) is 1. The highest BCUT2D eigenvalue weighted by molar-refractivity contribution is 7.89. The van der Waals surface area contributed by atoms with Crippen molar-refractivity contribution >= 4 is 16.2 Å². The van der Waals surface area contributed by atoms with Crippen LogP contribution in [0.3, 0.4) is 0 Å². The minimum atomic E-state index is -3.83. The number of hydrazone groups is 1. The molecule has 0 heterocycles. The predicted molar refractivity (Wildman–Crippen MR) is 107 cm³/mol. The normalized spacial score (nSPS) is 11.6. The molecule has 0 unspecified atom stereocenters. The van der Waals surface area contributed by atoms with Crippen molar-refractivity contribution in [1.29, 1.82) is 0 Å². The third-order valence-corrected chi connectivity index (χ3v) is 5.54. The van der Waals surface area contributed by atoms with E-state index >= 15 is 0 Å². The van der Waals surface area contributed by atoms with E-state index in [4.69, 9.17) is 4.74 Å². The second-order valence-corrected chi connectivity index (χ2v) is 7.91. The lowest BCUT2D eigenvalue weighted by molar-refractivity contribution is 0.372. The molecule has 0 saturated heterocycles. The SMILES string of the molecule is C=CCc1cc(/C=N/NS(=O)(=O)c2c(C)cc(C)cc2C)c(O)c(OC)c1. The largest absolute Gasteiger partial charge is 0.504 e. The quantitative estimate of drug-likeness (QED) is 0.432.